The van der Waals surface area contributed by atoms with Gasteiger partial charge >= 0.3 is 0 Å². The molecular formula is C16H17ClN2S. The number of hydrogen-bond acceptors (Lipinski definition) is 3. The van der Waals surface area contributed by atoms with E-state index in [0.717, 1.165) is 28.9 Å². The van der Waals surface area contributed by atoms with Crippen molar-refractivity contribution in [1.29, 1.82) is 0 Å². The van der Waals surface area contributed by atoms with Crippen LogP contribution in [0.5, 0.6) is 0 Å². The monoisotopic (exact) mass is 304 g/mol. The van der Waals surface area contributed by atoms with Gasteiger partial charge in [0.2, 0.25) is 0 Å². The summed E-state index contributed by atoms with van der Waals surface area (Å²) in [7, 11) is 0. The predicted molar refractivity (Wildman–Crippen MR) is 85.1 cm³/mol. The van der Waals surface area contributed by atoms with Gasteiger partial charge in [-0.3, -0.25) is 4.98 Å². The van der Waals surface area contributed by atoms with Gasteiger partial charge in [-0.05, 0) is 42.2 Å². The van der Waals surface area contributed by atoms with Crippen LogP contribution in [0.2, 0.25) is 5.02 Å². The molecule has 104 valence electrons. The van der Waals surface area contributed by atoms with E-state index in [-0.39, 0.29) is 0 Å². The minimum atomic E-state index is 0.741. The van der Waals surface area contributed by atoms with E-state index in [1.807, 2.05) is 6.07 Å². The Bertz CT molecular complexity index is 567. The molecule has 1 heterocycles. The highest BCUT2D eigenvalue weighted by Crippen LogP contribution is 2.26. The number of nitrogens with zero attached hydrogens (tertiary/aromatic N) is 1. The topological polar surface area (TPSA) is 24.9 Å². The Balaban J connectivity index is 1.53. The number of pyridine rings is 1. The fourth-order valence-electron chi connectivity index (χ4n) is 1.94. The molecule has 2 aromatic rings. The lowest BCUT2D eigenvalue weighted by atomic mass is 10.2. The van der Waals surface area contributed by atoms with E-state index in [1.54, 1.807) is 24.2 Å². The molecule has 0 radical (unpaired) electrons. The van der Waals surface area contributed by atoms with Crippen LogP contribution in [-0.4, -0.2) is 11.0 Å². The minimum absolute atomic E-state index is 0.741. The van der Waals surface area contributed by atoms with Gasteiger partial charge in [0.25, 0.3) is 0 Å². The molecule has 1 aliphatic rings. The summed E-state index contributed by atoms with van der Waals surface area (Å²) >= 11 is 7.91. The van der Waals surface area contributed by atoms with E-state index in [4.69, 9.17) is 11.6 Å². The smallest absolute Gasteiger partial charge is 0.0629 e. The Kier molecular flexibility index (Phi) is 4.61. The third-order valence-electron chi connectivity index (χ3n) is 3.35. The van der Waals surface area contributed by atoms with E-state index in [2.05, 4.69) is 34.6 Å². The van der Waals surface area contributed by atoms with Crippen LogP contribution >= 0.6 is 23.4 Å². The van der Waals surface area contributed by atoms with E-state index < -0.39 is 0 Å². The number of benzene rings is 1. The number of rotatable bonds is 6. The number of aromatic nitrogens is 1. The van der Waals surface area contributed by atoms with Crippen molar-refractivity contribution in [2.45, 2.75) is 36.1 Å². The largest absolute Gasteiger partial charge is 0.310 e. The molecule has 0 saturated heterocycles. The third kappa shape index (κ3) is 3.98. The van der Waals surface area contributed by atoms with Crippen molar-refractivity contribution in [2.24, 2.45) is 0 Å². The summed E-state index contributed by atoms with van der Waals surface area (Å²) < 4.78 is 0. The van der Waals surface area contributed by atoms with Crippen LogP contribution < -0.4 is 5.32 Å². The maximum atomic E-state index is 6.11. The molecular weight excluding hydrogens is 288 g/mol. The summed E-state index contributed by atoms with van der Waals surface area (Å²) in [4.78, 5) is 5.27. The van der Waals surface area contributed by atoms with Crippen molar-refractivity contribution in [3.8, 4) is 0 Å². The number of nitrogens with one attached hydrogen (secondary N) is 1. The first kappa shape index (κ1) is 13.9. The quantitative estimate of drug-likeness (QED) is 0.806. The SMILES string of the molecule is Clc1cnccc1CSc1ccc(CNC2CC2)cc1. The van der Waals surface area contributed by atoms with Crippen molar-refractivity contribution in [2.75, 3.05) is 0 Å². The zero-order valence-electron chi connectivity index (χ0n) is 11.2. The molecule has 1 saturated carbocycles. The van der Waals surface area contributed by atoms with Crippen molar-refractivity contribution in [3.05, 3.63) is 58.9 Å². The van der Waals surface area contributed by atoms with Gasteiger partial charge in [0.05, 0.1) is 5.02 Å². The van der Waals surface area contributed by atoms with Crippen molar-refractivity contribution >= 4 is 23.4 Å². The number of halogens is 1. The fourth-order valence-corrected chi connectivity index (χ4v) is 3.10. The lowest BCUT2D eigenvalue weighted by Gasteiger charge is -2.06. The molecule has 0 unspecified atom stereocenters. The average Bonchev–Trinajstić information content (AvgIpc) is 3.30. The van der Waals surface area contributed by atoms with Crippen LogP contribution in [0.15, 0.2) is 47.6 Å². The van der Waals surface area contributed by atoms with Crippen LogP contribution in [0.25, 0.3) is 0 Å². The zero-order valence-corrected chi connectivity index (χ0v) is 12.8. The van der Waals surface area contributed by atoms with Gasteiger partial charge in [0.1, 0.15) is 0 Å². The van der Waals surface area contributed by atoms with Crippen molar-refractivity contribution in [3.63, 3.8) is 0 Å². The van der Waals surface area contributed by atoms with E-state index in [1.165, 1.54) is 23.3 Å². The molecule has 2 nitrogen and oxygen atoms in total. The molecule has 0 spiro atoms. The highest BCUT2D eigenvalue weighted by molar-refractivity contribution is 7.98. The van der Waals surface area contributed by atoms with Gasteiger partial charge in [0, 0.05) is 35.6 Å². The highest BCUT2D eigenvalue weighted by atomic mass is 35.5. The van der Waals surface area contributed by atoms with Gasteiger partial charge in [-0.25, -0.2) is 0 Å². The second-order valence-corrected chi connectivity index (χ2v) is 6.51. The molecule has 1 aromatic carbocycles. The molecule has 0 bridgehead atoms. The molecule has 1 N–H and O–H groups in total. The number of hydrogen-bond donors (Lipinski definition) is 1. The normalized spacial score (nSPS) is 14.4. The molecule has 20 heavy (non-hydrogen) atoms. The second-order valence-electron chi connectivity index (χ2n) is 5.05. The van der Waals surface area contributed by atoms with E-state index >= 15 is 0 Å². The van der Waals surface area contributed by atoms with Crippen LogP contribution in [0, 0.1) is 0 Å². The maximum absolute atomic E-state index is 6.11. The van der Waals surface area contributed by atoms with E-state index in [9.17, 15) is 0 Å². The van der Waals surface area contributed by atoms with Crippen molar-refractivity contribution in [1.82, 2.24) is 10.3 Å². The molecule has 4 heteroatoms. The summed E-state index contributed by atoms with van der Waals surface area (Å²) in [5.74, 6) is 0.876. The van der Waals surface area contributed by atoms with Gasteiger partial charge in [-0.2, -0.15) is 0 Å². The summed E-state index contributed by atoms with van der Waals surface area (Å²) in [6, 6.07) is 11.5. The number of thioether (sulfide) groups is 1. The first-order valence-corrected chi connectivity index (χ1v) is 8.21. The summed E-state index contributed by atoms with van der Waals surface area (Å²) in [5, 5.41) is 4.27. The molecule has 3 rings (SSSR count). The highest BCUT2D eigenvalue weighted by Gasteiger charge is 2.19. The first-order valence-electron chi connectivity index (χ1n) is 6.85. The Morgan fingerprint density at radius 1 is 1.20 bits per heavy atom. The fraction of sp³-hybridized carbons (Fsp3) is 0.312. The molecule has 0 atom stereocenters. The van der Waals surface area contributed by atoms with E-state index in [0.29, 0.717) is 0 Å². The summed E-state index contributed by atoms with van der Waals surface area (Å²) in [6.07, 6.45) is 6.15. The third-order valence-corrected chi connectivity index (χ3v) is 4.75. The second kappa shape index (κ2) is 6.61. The Hall–Kier alpha value is -1.03. The molecule has 0 aliphatic heterocycles. The lowest BCUT2D eigenvalue weighted by Crippen LogP contribution is -2.14. The van der Waals surface area contributed by atoms with Gasteiger partial charge in [-0.1, -0.05) is 23.7 Å². The Labute approximate surface area is 129 Å². The minimum Gasteiger partial charge on any atom is -0.310 e. The molecule has 1 fully saturated rings. The van der Waals surface area contributed by atoms with Gasteiger partial charge < -0.3 is 5.32 Å². The van der Waals surface area contributed by atoms with Crippen LogP contribution in [0.1, 0.15) is 24.0 Å². The molecule has 1 aliphatic carbocycles. The summed E-state index contributed by atoms with van der Waals surface area (Å²) in [6.45, 7) is 0.978. The van der Waals surface area contributed by atoms with Crippen LogP contribution in [0.4, 0.5) is 0 Å². The Morgan fingerprint density at radius 3 is 2.70 bits per heavy atom. The van der Waals surface area contributed by atoms with Crippen LogP contribution in [0.3, 0.4) is 0 Å². The molecule has 0 amide bonds. The predicted octanol–water partition coefficient (Wildman–Crippen LogP) is 4.28. The first-order chi connectivity index (χ1) is 9.81. The summed E-state index contributed by atoms with van der Waals surface area (Å²) in [5.41, 5.74) is 2.48. The Morgan fingerprint density at radius 2 is 2.00 bits per heavy atom. The van der Waals surface area contributed by atoms with Gasteiger partial charge in [-0.15, -0.1) is 11.8 Å². The van der Waals surface area contributed by atoms with Crippen LogP contribution in [-0.2, 0) is 12.3 Å². The average molecular weight is 305 g/mol. The standard InChI is InChI=1S/C16H17ClN2S/c17-16-10-18-8-7-13(16)11-20-15-5-1-12(2-6-15)9-19-14-3-4-14/h1-2,5-8,10,14,19H,3-4,9,11H2. The lowest BCUT2D eigenvalue weighted by molar-refractivity contribution is 0.687. The maximum Gasteiger partial charge on any atom is 0.0629 e. The van der Waals surface area contributed by atoms with Crippen molar-refractivity contribution < 1.29 is 0 Å². The van der Waals surface area contributed by atoms with Gasteiger partial charge in [0.15, 0.2) is 0 Å². The zero-order chi connectivity index (χ0) is 13.8. The molecule has 1 aromatic heterocycles.